The van der Waals surface area contributed by atoms with Crippen LogP contribution < -0.4 is 15.4 Å². The van der Waals surface area contributed by atoms with Gasteiger partial charge in [0.2, 0.25) is 0 Å². The topological polar surface area (TPSA) is 70.6 Å². The number of rotatable bonds is 6. The Labute approximate surface area is 101 Å². The van der Waals surface area contributed by atoms with Crippen LogP contribution in [0.5, 0.6) is 5.75 Å². The number of aliphatic carboxylic acids is 1. The van der Waals surface area contributed by atoms with Crippen LogP contribution in [0.1, 0.15) is 11.6 Å². The van der Waals surface area contributed by atoms with Gasteiger partial charge in [-0.2, -0.15) is 0 Å². The van der Waals surface area contributed by atoms with Crippen LogP contribution >= 0.6 is 0 Å². The molecular weight excluding hydrogens is 220 g/mol. The second kappa shape index (κ2) is 6.22. The van der Waals surface area contributed by atoms with Crippen molar-refractivity contribution in [2.24, 2.45) is 0 Å². The summed E-state index contributed by atoms with van der Waals surface area (Å²) in [7, 11) is 4.92. The monoisotopic (exact) mass is 238 g/mol. The molecule has 0 saturated carbocycles. The average Bonchev–Trinajstić information content (AvgIpc) is 2.35. The van der Waals surface area contributed by atoms with Gasteiger partial charge < -0.3 is 20.5 Å². The van der Waals surface area contributed by atoms with E-state index in [0.29, 0.717) is 5.75 Å². The normalized spacial score (nSPS) is 14.1. The van der Waals surface area contributed by atoms with E-state index in [0.717, 1.165) is 5.56 Å². The third-order valence-corrected chi connectivity index (χ3v) is 2.70. The maximum absolute atomic E-state index is 11.2. The summed E-state index contributed by atoms with van der Waals surface area (Å²) < 4.78 is 5.24. The van der Waals surface area contributed by atoms with Gasteiger partial charge in [0.05, 0.1) is 13.2 Å². The van der Waals surface area contributed by atoms with Gasteiger partial charge in [0.15, 0.2) is 0 Å². The number of methoxy groups -OCH3 is 1. The Bertz CT molecular complexity index is 382. The van der Waals surface area contributed by atoms with Gasteiger partial charge in [-0.15, -0.1) is 0 Å². The highest BCUT2D eigenvalue weighted by Gasteiger charge is 2.28. The van der Waals surface area contributed by atoms with Gasteiger partial charge in [-0.1, -0.05) is 18.2 Å². The molecule has 0 amide bonds. The van der Waals surface area contributed by atoms with E-state index in [1.165, 1.54) is 0 Å². The number of para-hydroxylation sites is 1. The number of hydrogen-bond acceptors (Lipinski definition) is 4. The van der Waals surface area contributed by atoms with E-state index in [2.05, 4.69) is 10.6 Å². The SMILES string of the molecule is CNC(C(=O)O)C(NC)c1ccccc1OC. The molecule has 0 aromatic heterocycles. The van der Waals surface area contributed by atoms with E-state index < -0.39 is 12.0 Å². The zero-order valence-electron chi connectivity index (χ0n) is 10.2. The van der Waals surface area contributed by atoms with Gasteiger partial charge in [-0.3, -0.25) is 4.79 Å². The summed E-state index contributed by atoms with van der Waals surface area (Å²) in [6.07, 6.45) is 0. The highest BCUT2D eigenvalue weighted by Crippen LogP contribution is 2.26. The number of ether oxygens (including phenoxy) is 1. The number of benzene rings is 1. The fourth-order valence-corrected chi connectivity index (χ4v) is 1.86. The molecule has 0 aliphatic carbocycles. The van der Waals surface area contributed by atoms with Crippen LogP contribution in [0.15, 0.2) is 24.3 Å². The van der Waals surface area contributed by atoms with Crippen molar-refractivity contribution in [3.63, 3.8) is 0 Å². The Morgan fingerprint density at radius 3 is 2.41 bits per heavy atom. The van der Waals surface area contributed by atoms with Crippen molar-refractivity contribution < 1.29 is 14.6 Å². The summed E-state index contributed by atoms with van der Waals surface area (Å²) in [4.78, 5) is 11.2. The van der Waals surface area contributed by atoms with E-state index in [1.54, 1.807) is 21.2 Å². The molecule has 2 unspecified atom stereocenters. The molecule has 0 aliphatic rings. The number of carbonyl (C=O) groups is 1. The lowest BCUT2D eigenvalue weighted by molar-refractivity contribution is -0.140. The van der Waals surface area contributed by atoms with Gasteiger partial charge in [0.1, 0.15) is 11.8 Å². The predicted molar refractivity (Wildman–Crippen MR) is 65.3 cm³/mol. The Kier molecular flexibility index (Phi) is 4.93. The third-order valence-electron chi connectivity index (χ3n) is 2.70. The lowest BCUT2D eigenvalue weighted by Gasteiger charge is -2.25. The van der Waals surface area contributed by atoms with Crippen LogP contribution in [-0.2, 0) is 4.79 Å². The zero-order chi connectivity index (χ0) is 12.8. The van der Waals surface area contributed by atoms with E-state index in [9.17, 15) is 4.79 Å². The fourth-order valence-electron chi connectivity index (χ4n) is 1.86. The zero-order valence-corrected chi connectivity index (χ0v) is 10.2. The van der Waals surface area contributed by atoms with Crippen LogP contribution in [0, 0.1) is 0 Å². The summed E-state index contributed by atoms with van der Waals surface area (Å²) in [5, 5.41) is 14.9. The molecule has 5 heteroatoms. The molecular formula is C12H18N2O3. The summed E-state index contributed by atoms with van der Waals surface area (Å²) in [6, 6.07) is 6.31. The first-order valence-electron chi connectivity index (χ1n) is 5.36. The standard InChI is InChI=1S/C12H18N2O3/c1-13-10(11(14-2)12(15)16)8-6-4-5-7-9(8)17-3/h4-7,10-11,13-14H,1-3H3,(H,15,16). The number of likely N-dealkylation sites (N-methyl/N-ethyl adjacent to an activating group) is 2. The van der Waals surface area contributed by atoms with E-state index in [4.69, 9.17) is 9.84 Å². The number of nitrogens with one attached hydrogen (secondary N) is 2. The molecule has 17 heavy (non-hydrogen) atoms. The molecule has 0 fully saturated rings. The predicted octanol–water partition coefficient (Wildman–Crippen LogP) is 0.628. The highest BCUT2D eigenvalue weighted by atomic mass is 16.5. The molecule has 0 heterocycles. The average molecular weight is 238 g/mol. The van der Waals surface area contributed by atoms with Crippen molar-refractivity contribution >= 4 is 5.97 Å². The van der Waals surface area contributed by atoms with Crippen LogP contribution in [-0.4, -0.2) is 38.3 Å². The molecule has 0 saturated heterocycles. The molecule has 0 aliphatic heterocycles. The minimum atomic E-state index is -0.905. The lowest BCUT2D eigenvalue weighted by atomic mass is 9.98. The van der Waals surface area contributed by atoms with Crippen LogP contribution in [0.2, 0.25) is 0 Å². The minimum absolute atomic E-state index is 0.353. The molecule has 1 rings (SSSR count). The molecule has 2 atom stereocenters. The van der Waals surface area contributed by atoms with E-state index >= 15 is 0 Å². The van der Waals surface area contributed by atoms with Gasteiger partial charge in [-0.05, 0) is 20.2 Å². The first kappa shape index (κ1) is 13.5. The maximum Gasteiger partial charge on any atom is 0.322 e. The number of carboxylic acid groups (broad SMARTS) is 1. The van der Waals surface area contributed by atoms with Gasteiger partial charge >= 0.3 is 5.97 Å². The Hall–Kier alpha value is -1.59. The largest absolute Gasteiger partial charge is 0.496 e. The summed E-state index contributed by atoms with van der Waals surface area (Å²) in [6.45, 7) is 0. The quantitative estimate of drug-likeness (QED) is 0.678. The second-order valence-electron chi connectivity index (χ2n) is 3.61. The summed E-state index contributed by atoms with van der Waals surface area (Å²) in [5.74, 6) is -0.230. The number of carboxylic acids is 1. The molecule has 0 radical (unpaired) electrons. The molecule has 5 nitrogen and oxygen atoms in total. The van der Waals surface area contributed by atoms with Gasteiger partial charge in [0, 0.05) is 5.56 Å². The molecule has 0 bridgehead atoms. The molecule has 94 valence electrons. The molecule has 1 aromatic rings. The van der Waals surface area contributed by atoms with Crippen molar-refractivity contribution in [1.82, 2.24) is 10.6 Å². The molecule has 0 spiro atoms. The van der Waals surface area contributed by atoms with Crippen LogP contribution in [0.4, 0.5) is 0 Å². The summed E-state index contributed by atoms with van der Waals surface area (Å²) in [5.41, 5.74) is 0.819. The first-order chi connectivity index (χ1) is 8.15. The Morgan fingerprint density at radius 1 is 1.29 bits per heavy atom. The fraction of sp³-hybridized carbons (Fsp3) is 0.417. The number of hydrogen-bond donors (Lipinski definition) is 3. The first-order valence-corrected chi connectivity index (χ1v) is 5.36. The van der Waals surface area contributed by atoms with Crippen molar-refractivity contribution in [3.8, 4) is 5.75 Å². The summed E-state index contributed by atoms with van der Waals surface area (Å²) >= 11 is 0. The van der Waals surface area contributed by atoms with Crippen LogP contribution in [0.25, 0.3) is 0 Å². The van der Waals surface area contributed by atoms with E-state index in [-0.39, 0.29) is 6.04 Å². The Balaban J connectivity index is 3.12. The minimum Gasteiger partial charge on any atom is -0.496 e. The van der Waals surface area contributed by atoms with Gasteiger partial charge in [-0.25, -0.2) is 0 Å². The second-order valence-corrected chi connectivity index (χ2v) is 3.61. The van der Waals surface area contributed by atoms with Crippen molar-refractivity contribution in [2.45, 2.75) is 12.1 Å². The molecule has 1 aromatic carbocycles. The van der Waals surface area contributed by atoms with E-state index in [1.807, 2.05) is 24.3 Å². The maximum atomic E-state index is 11.2. The van der Waals surface area contributed by atoms with Crippen molar-refractivity contribution in [2.75, 3.05) is 21.2 Å². The van der Waals surface area contributed by atoms with Gasteiger partial charge in [0.25, 0.3) is 0 Å². The lowest BCUT2D eigenvalue weighted by Crippen LogP contribution is -2.44. The highest BCUT2D eigenvalue weighted by molar-refractivity contribution is 5.75. The van der Waals surface area contributed by atoms with Crippen molar-refractivity contribution in [1.29, 1.82) is 0 Å². The van der Waals surface area contributed by atoms with Crippen molar-refractivity contribution in [3.05, 3.63) is 29.8 Å². The van der Waals surface area contributed by atoms with Crippen LogP contribution in [0.3, 0.4) is 0 Å². The third kappa shape index (κ3) is 2.95. The molecule has 3 N–H and O–H groups in total. The Morgan fingerprint density at radius 2 is 1.94 bits per heavy atom. The smallest absolute Gasteiger partial charge is 0.322 e.